The summed E-state index contributed by atoms with van der Waals surface area (Å²) in [6.45, 7) is 8.55. The van der Waals surface area contributed by atoms with E-state index in [1.165, 1.54) is 25.4 Å². The average Bonchev–Trinajstić information content (AvgIpc) is 3.21. The number of carbonyl (C=O) groups excluding carboxylic acids is 2. The first-order valence-electron chi connectivity index (χ1n) is 12.2. The number of benzene rings is 1. The highest BCUT2D eigenvalue weighted by molar-refractivity contribution is 6.29. The Hall–Kier alpha value is -2.91. The summed E-state index contributed by atoms with van der Waals surface area (Å²) in [6.07, 6.45) is 7.21. The van der Waals surface area contributed by atoms with Crippen LogP contribution in [0.15, 0.2) is 24.4 Å². The molecule has 9 nitrogen and oxygen atoms in total. The van der Waals surface area contributed by atoms with Gasteiger partial charge in [-0.1, -0.05) is 37.8 Å². The van der Waals surface area contributed by atoms with E-state index >= 15 is 0 Å². The molecule has 0 atom stereocenters. The highest BCUT2D eigenvalue weighted by atomic mass is 35.5. The summed E-state index contributed by atoms with van der Waals surface area (Å²) >= 11 is 10.5. The van der Waals surface area contributed by atoms with Gasteiger partial charge in [-0.15, -0.1) is 11.6 Å². The molecule has 2 amide bonds. The Morgan fingerprint density at radius 2 is 1.83 bits per heavy atom. The van der Waals surface area contributed by atoms with E-state index in [0.717, 1.165) is 29.7 Å². The minimum absolute atomic E-state index is 0.00685. The van der Waals surface area contributed by atoms with Crippen molar-refractivity contribution in [3.05, 3.63) is 46.6 Å². The number of nitrogens with zero attached hydrogens (tertiary/aromatic N) is 4. The lowest BCUT2D eigenvalue weighted by Crippen LogP contribution is -2.40. The third-order valence-corrected chi connectivity index (χ3v) is 5.97. The number of carbonyl (C=O) groups is 2. The summed E-state index contributed by atoms with van der Waals surface area (Å²) in [5.41, 5.74) is 8.34. The van der Waals surface area contributed by atoms with Crippen LogP contribution in [0.3, 0.4) is 0 Å². The third kappa shape index (κ3) is 7.07. The van der Waals surface area contributed by atoms with Crippen LogP contribution in [0.4, 0.5) is 5.82 Å². The molecule has 3 rings (SSSR count). The third-order valence-electron chi connectivity index (χ3n) is 5.78. The Kier molecular flexibility index (Phi) is 11.9. The van der Waals surface area contributed by atoms with Gasteiger partial charge in [-0.25, -0.2) is 19.1 Å². The lowest BCUT2D eigenvalue weighted by Gasteiger charge is -2.07. The summed E-state index contributed by atoms with van der Waals surface area (Å²) in [5.74, 6) is 0.395. The molecule has 0 aliphatic rings. The molecule has 2 aromatic heterocycles. The summed E-state index contributed by atoms with van der Waals surface area (Å²) in [4.78, 5) is 33.3. The van der Waals surface area contributed by atoms with Crippen molar-refractivity contribution < 1.29 is 14.2 Å². The van der Waals surface area contributed by atoms with Crippen molar-refractivity contribution in [1.82, 2.24) is 25.2 Å². The van der Waals surface area contributed by atoms with E-state index in [2.05, 4.69) is 48.3 Å². The van der Waals surface area contributed by atoms with Gasteiger partial charge in [0, 0.05) is 24.6 Å². The van der Waals surface area contributed by atoms with Crippen LogP contribution in [0.25, 0.3) is 11.0 Å². The van der Waals surface area contributed by atoms with Crippen molar-refractivity contribution >= 4 is 51.9 Å². The van der Waals surface area contributed by atoms with Crippen molar-refractivity contribution in [3.63, 3.8) is 0 Å². The Morgan fingerprint density at radius 3 is 2.50 bits per heavy atom. The Morgan fingerprint density at radius 1 is 1.08 bits per heavy atom. The number of halogens is 2. The van der Waals surface area contributed by atoms with Crippen molar-refractivity contribution in [2.24, 2.45) is 0 Å². The molecule has 3 aromatic rings. The van der Waals surface area contributed by atoms with Crippen LogP contribution < -0.4 is 20.9 Å². The number of nitrogens with two attached hydrogens (primary N) is 1. The van der Waals surface area contributed by atoms with Gasteiger partial charge in [0.05, 0.1) is 19.3 Å². The van der Waals surface area contributed by atoms with Gasteiger partial charge in [-0.05, 0) is 32.4 Å². The number of hydrogen-bond donors (Lipinski definition) is 3. The largest absolute Gasteiger partial charge is 0.382 e. The highest BCUT2D eigenvalue weighted by Crippen LogP contribution is 2.18. The molecule has 4 N–H and O–H groups in total. The molecule has 0 fully saturated rings. The van der Waals surface area contributed by atoms with E-state index < -0.39 is 5.91 Å². The summed E-state index contributed by atoms with van der Waals surface area (Å²) in [7, 11) is 0. The average molecular weight is 538 g/mol. The number of hydrogen-bond acceptors (Lipinski definition) is 5. The van der Waals surface area contributed by atoms with Crippen LogP contribution in [-0.4, -0.2) is 39.3 Å². The summed E-state index contributed by atoms with van der Waals surface area (Å²) in [5, 5.41) is 5.99. The molecule has 0 aliphatic carbocycles. The first-order chi connectivity index (χ1) is 17.4. The maximum Gasteiger partial charge on any atom is 0.277 e. The molecule has 11 heteroatoms. The molecule has 2 heterocycles. The SMILES string of the molecule is CCCCCCNC(=O)c1ccc2c(c1)n(CC)c(CNC(=O)c1nc(Cl)cnc1N)[n+]2CC.CCl. The van der Waals surface area contributed by atoms with E-state index in [1.807, 2.05) is 32.0 Å². The van der Waals surface area contributed by atoms with Crippen LogP contribution in [-0.2, 0) is 19.6 Å². The first-order valence-corrected chi connectivity index (χ1v) is 13.3. The van der Waals surface area contributed by atoms with Crippen LogP contribution in [0.5, 0.6) is 0 Å². The van der Waals surface area contributed by atoms with Gasteiger partial charge in [-0.2, -0.15) is 0 Å². The van der Waals surface area contributed by atoms with Crippen LogP contribution in [0.1, 0.15) is 73.1 Å². The van der Waals surface area contributed by atoms with Crippen molar-refractivity contribution in [3.8, 4) is 0 Å². The van der Waals surface area contributed by atoms with E-state index in [1.54, 1.807) is 0 Å². The minimum Gasteiger partial charge on any atom is -0.382 e. The predicted molar refractivity (Wildman–Crippen MR) is 144 cm³/mol. The lowest BCUT2D eigenvalue weighted by atomic mass is 10.1. The first kappa shape index (κ1) is 29.3. The number of aryl methyl sites for hydroxylation is 2. The number of nitrogen functional groups attached to an aromatic ring is 1. The minimum atomic E-state index is -0.453. The topological polar surface area (TPSA) is 119 Å². The fraction of sp³-hybridized carbons (Fsp3) is 0.480. The van der Waals surface area contributed by atoms with E-state index in [0.29, 0.717) is 25.2 Å². The van der Waals surface area contributed by atoms with Crippen LogP contribution in [0.2, 0.25) is 5.15 Å². The van der Waals surface area contributed by atoms with Gasteiger partial charge < -0.3 is 16.4 Å². The number of fused-ring (bicyclic) bond motifs is 1. The Bertz CT molecular complexity index is 1180. The van der Waals surface area contributed by atoms with Gasteiger partial charge in [-0.3, -0.25) is 9.59 Å². The molecule has 0 radical (unpaired) electrons. The van der Waals surface area contributed by atoms with Gasteiger partial charge in [0.25, 0.3) is 17.6 Å². The number of rotatable bonds is 11. The Balaban J connectivity index is 0.00000222. The predicted octanol–water partition coefficient (Wildman–Crippen LogP) is 4.09. The number of imidazole rings is 1. The molecular weight excluding hydrogens is 501 g/mol. The lowest BCUT2D eigenvalue weighted by molar-refractivity contribution is -0.676. The number of nitrogens with one attached hydrogen (secondary N) is 2. The zero-order valence-electron chi connectivity index (χ0n) is 21.4. The van der Waals surface area contributed by atoms with Gasteiger partial charge in [0.1, 0.15) is 11.7 Å². The highest BCUT2D eigenvalue weighted by Gasteiger charge is 2.25. The van der Waals surface area contributed by atoms with Crippen molar-refractivity contribution in [2.75, 3.05) is 18.7 Å². The molecule has 0 saturated heterocycles. The zero-order chi connectivity index (χ0) is 26.7. The molecule has 1 aromatic carbocycles. The van der Waals surface area contributed by atoms with E-state index in [9.17, 15) is 9.59 Å². The van der Waals surface area contributed by atoms with Crippen LogP contribution in [0, 0.1) is 0 Å². The fourth-order valence-corrected chi connectivity index (χ4v) is 4.21. The molecule has 0 bridgehead atoms. The van der Waals surface area contributed by atoms with E-state index in [-0.39, 0.29) is 29.1 Å². The van der Waals surface area contributed by atoms with Gasteiger partial charge >= 0.3 is 0 Å². The number of anilines is 1. The summed E-state index contributed by atoms with van der Waals surface area (Å²) in [6, 6.07) is 5.72. The molecule has 196 valence electrons. The summed E-state index contributed by atoms with van der Waals surface area (Å²) < 4.78 is 4.22. The molecule has 0 saturated carbocycles. The maximum atomic E-state index is 12.7. The molecule has 0 aliphatic heterocycles. The standard InChI is InChI=1S/C24H32ClN7O2.CH3Cl/c1-4-7-8-9-12-27-23(33)16-10-11-17-18(13-16)32(6-3)20(31(17)5-2)15-29-24(34)21-22(26)28-14-19(25)30-21;1-2/h10-11,13-14H,4-9,12,15H2,1-3H3,(H3-,26,27,28,29,33,34);1H3/p+1. The number of unbranched alkanes of at least 4 members (excludes halogenated alkanes) is 3. The molecular formula is C25H36Cl2N7O2+. The van der Waals surface area contributed by atoms with Crippen molar-refractivity contribution in [1.29, 1.82) is 0 Å². The maximum absolute atomic E-state index is 12.7. The monoisotopic (exact) mass is 536 g/mol. The van der Waals surface area contributed by atoms with Crippen LogP contribution >= 0.6 is 23.2 Å². The number of alkyl halides is 1. The zero-order valence-corrected chi connectivity index (χ0v) is 22.9. The second kappa shape index (κ2) is 14.6. The molecule has 0 spiro atoms. The molecule has 36 heavy (non-hydrogen) atoms. The van der Waals surface area contributed by atoms with E-state index in [4.69, 9.17) is 17.3 Å². The smallest absolute Gasteiger partial charge is 0.277 e. The molecule has 0 unspecified atom stereocenters. The normalized spacial score (nSPS) is 10.6. The Labute approximate surface area is 222 Å². The van der Waals surface area contributed by atoms with Crippen molar-refractivity contribution in [2.45, 2.75) is 66.1 Å². The number of amides is 2. The van der Waals surface area contributed by atoms with Gasteiger partial charge in [0.2, 0.25) is 0 Å². The van der Waals surface area contributed by atoms with Gasteiger partial charge in [0.15, 0.2) is 22.5 Å². The quantitative estimate of drug-likeness (QED) is 0.193. The second-order valence-corrected chi connectivity index (χ2v) is 8.42. The second-order valence-electron chi connectivity index (χ2n) is 8.03. The number of aromatic nitrogens is 4. The fourth-order valence-electron chi connectivity index (χ4n) is 4.07.